The van der Waals surface area contributed by atoms with Crippen molar-refractivity contribution in [3.63, 3.8) is 0 Å². The highest BCUT2D eigenvalue weighted by Crippen LogP contribution is 2.38. The number of anilines is 1. The normalized spacial score (nSPS) is 15.9. The first-order valence-electron chi connectivity index (χ1n) is 11.3. The summed E-state index contributed by atoms with van der Waals surface area (Å²) >= 11 is 0. The molecule has 2 heterocycles. The molecule has 0 fully saturated rings. The number of imide groups is 1. The minimum absolute atomic E-state index is 0.0378. The molecule has 0 aromatic heterocycles. The Kier molecular flexibility index (Phi) is 6.61. The largest absolute Gasteiger partial charge is 0.494 e. The Morgan fingerprint density at radius 2 is 1.72 bits per heavy atom. The first kappa shape index (κ1) is 22.1. The number of nitrogens with zero attached hydrogens (tertiary/aromatic N) is 2. The van der Waals surface area contributed by atoms with Crippen LogP contribution in [-0.2, 0) is 20.7 Å². The van der Waals surface area contributed by atoms with E-state index in [1.807, 2.05) is 61.2 Å². The lowest BCUT2D eigenvalue weighted by molar-refractivity contribution is -0.138. The van der Waals surface area contributed by atoms with E-state index in [-0.39, 0.29) is 24.5 Å². The second-order valence-electron chi connectivity index (χ2n) is 8.31. The zero-order valence-electron chi connectivity index (χ0n) is 19.0. The number of benzene rings is 2. The summed E-state index contributed by atoms with van der Waals surface area (Å²) in [5.41, 5.74) is 3.79. The van der Waals surface area contributed by atoms with Crippen LogP contribution in [0, 0.1) is 0 Å². The maximum atomic E-state index is 13.5. The van der Waals surface area contributed by atoms with Crippen LogP contribution in [0.5, 0.6) is 5.75 Å². The predicted molar refractivity (Wildman–Crippen MR) is 124 cm³/mol. The van der Waals surface area contributed by atoms with Gasteiger partial charge in [-0.3, -0.25) is 14.5 Å². The maximum Gasteiger partial charge on any atom is 0.278 e. The van der Waals surface area contributed by atoms with Gasteiger partial charge in [-0.2, -0.15) is 0 Å². The molecule has 2 aromatic carbocycles. The maximum absolute atomic E-state index is 13.5. The van der Waals surface area contributed by atoms with Crippen LogP contribution < -0.4 is 9.64 Å². The van der Waals surface area contributed by atoms with Crippen LogP contribution in [0.1, 0.15) is 38.3 Å². The molecule has 0 saturated heterocycles. The average molecular weight is 435 g/mol. The van der Waals surface area contributed by atoms with Crippen molar-refractivity contribution in [3.05, 3.63) is 65.4 Å². The Labute approximate surface area is 189 Å². The predicted octanol–water partition coefficient (Wildman–Crippen LogP) is 4.04. The molecule has 2 aliphatic heterocycles. The topological polar surface area (TPSA) is 59.1 Å². The van der Waals surface area contributed by atoms with E-state index in [1.54, 1.807) is 0 Å². The molecule has 2 aromatic rings. The Balaban J connectivity index is 1.71. The average Bonchev–Trinajstić information content (AvgIpc) is 3.31. The Hall–Kier alpha value is -3.12. The van der Waals surface area contributed by atoms with Crippen LogP contribution in [0.3, 0.4) is 0 Å². The first-order valence-corrected chi connectivity index (χ1v) is 11.3. The van der Waals surface area contributed by atoms with Crippen molar-refractivity contribution < 1.29 is 19.1 Å². The SMILES string of the molecule is CCCOc1ccc(C2=C(N3CCc4ccccc43)C(=O)N(CCOC(C)C)C2=O)cc1. The molecular weight excluding hydrogens is 404 g/mol. The van der Waals surface area contributed by atoms with Crippen molar-refractivity contribution in [1.82, 2.24) is 4.90 Å². The van der Waals surface area contributed by atoms with E-state index in [0.717, 1.165) is 29.8 Å². The highest BCUT2D eigenvalue weighted by molar-refractivity contribution is 6.36. The third-order valence-electron chi connectivity index (χ3n) is 5.68. The van der Waals surface area contributed by atoms with E-state index < -0.39 is 0 Å². The van der Waals surface area contributed by atoms with Crippen LogP contribution >= 0.6 is 0 Å². The van der Waals surface area contributed by atoms with Gasteiger partial charge in [-0.05, 0) is 56.0 Å². The fourth-order valence-corrected chi connectivity index (χ4v) is 4.16. The molecule has 2 amide bonds. The van der Waals surface area contributed by atoms with E-state index in [4.69, 9.17) is 9.47 Å². The van der Waals surface area contributed by atoms with Gasteiger partial charge in [-0.25, -0.2) is 0 Å². The molecule has 0 aliphatic carbocycles. The van der Waals surface area contributed by atoms with Gasteiger partial charge >= 0.3 is 0 Å². The van der Waals surface area contributed by atoms with Crippen LogP contribution in [-0.4, -0.2) is 49.1 Å². The molecule has 168 valence electrons. The Morgan fingerprint density at radius 3 is 2.44 bits per heavy atom. The Morgan fingerprint density at radius 1 is 0.969 bits per heavy atom. The summed E-state index contributed by atoms with van der Waals surface area (Å²) in [6, 6.07) is 15.5. The number of amides is 2. The molecule has 0 saturated carbocycles. The molecule has 6 heteroatoms. The monoisotopic (exact) mass is 434 g/mol. The molecule has 32 heavy (non-hydrogen) atoms. The van der Waals surface area contributed by atoms with Crippen molar-refractivity contribution in [2.24, 2.45) is 0 Å². The summed E-state index contributed by atoms with van der Waals surface area (Å²) in [6.45, 7) is 7.79. The summed E-state index contributed by atoms with van der Waals surface area (Å²) in [6.07, 6.45) is 1.80. The lowest BCUT2D eigenvalue weighted by atomic mass is 10.0. The fraction of sp³-hybridized carbons (Fsp3) is 0.385. The number of rotatable bonds is 9. The van der Waals surface area contributed by atoms with Crippen molar-refractivity contribution in [1.29, 1.82) is 0 Å². The van der Waals surface area contributed by atoms with Crippen LogP contribution in [0.25, 0.3) is 5.57 Å². The number of hydrogen-bond acceptors (Lipinski definition) is 5. The number of hydrogen-bond donors (Lipinski definition) is 0. The van der Waals surface area contributed by atoms with Crippen molar-refractivity contribution in [3.8, 4) is 5.75 Å². The summed E-state index contributed by atoms with van der Waals surface area (Å²) < 4.78 is 11.3. The first-order chi connectivity index (χ1) is 15.5. The van der Waals surface area contributed by atoms with Gasteiger partial charge in [0.2, 0.25) is 0 Å². The van der Waals surface area contributed by atoms with Gasteiger partial charge in [0.05, 0.1) is 31.4 Å². The molecule has 6 nitrogen and oxygen atoms in total. The highest BCUT2D eigenvalue weighted by Gasteiger charge is 2.43. The fourth-order valence-electron chi connectivity index (χ4n) is 4.16. The second kappa shape index (κ2) is 9.57. The smallest absolute Gasteiger partial charge is 0.278 e. The molecular formula is C26H30N2O4. The minimum Gasteiger partial charge on any atom is -0.494 e. The number of para-hydroxylation sites is 1. The second-order valence-corrected chi connectivity index (χ2v) is 8.31. The van der Waals surface area contributed by atoms with E-state index in [9.17, 15) is 9.59 Å². The van der Waals surface area contributed by atoms with Gasteiger partial charge in [-0.1, -0.05) is 37.3 Å². The molecule has 0 radical (unpaired) electrons. The summed E-state index contributed by atoms with van der Waals surface area (Å²) in [4.78, 5) is 30.3. The van der Waals surface area contributed by atoms with Gasteiger partial charge in [0.1, 0.15) is 11.4 Å². The third-order valence-corrected chi connectivity index (χ3v) is 5.68. The van der Waals surface area contributed by atoms with Gasteiger partial charge in [0.15, 0.2) is 0 Å². The van der Waals surface area contributed by atoms with Crippen LogP contribution in [0.15, 0.2) is 54.2 Å². The van der Waals surface area contributed by atoms with Gasteiger partial charge < -0.3 is 14.4 Å². The third kappa shape index (κ3) is 4.28. The van der Waals surface area contributed by atoms with E-state index >= 15 is 0 Å². The van der Waals surface area contributed by atoms with Crippen molar-refractivity contribution >= 4 is 23.1 Å². The molecule has 0 spiro atoms. The zero-order valence-corrected chi connectivity index (χ0v) is 19.0. The van der Waals surface area contributed by atoms with Crippen molar-refractivity contribution in [2.75, 3.05) is 31.2 Å². The highest BCUT2D eigenvalue weighted by atomic mass is 16.5. The van der Waals surface area contributed by atoms with Gasteiger partial charge in [-0.15, -0.1) is 0 Å². The minimum atomic E-state index is -0.274. The number of ether oxygens (including phenoxy) is 2. The quantitative estimate of drug-likeness (QED) is 0.558. The lowest BCUT2D eigenvalue weighted by Gasteiger charge is -2.22. The number of fused-ring (bicyclic) bond motifs is 1. The zero-order chi connectivity index (χ0) is 22.7. The van der Waals surface area contributed by atoms with Crippen LogP contribution in [0.4, 0.5) is 5.69 Å². The number of carbonyl (C=O) groups excluding carboxylic acids is 2. The molecule has 0 N–H and O–H groups in total. The van der Waals surface area contributed by atoms with Crippen molar-refractivity contribution in [2.45, 2.75) is 39.7 Å². The van der Waals surface area contributed by atoms with Gasteiger partial charge in [0.25, 0.3) is 11.8 Å². The lowest BCUT2D eigenvalue weighted by Crippen LogP contribution is -2.37. The molecule has 0 atom stereocenters. The molecule has 4 rings (SSSR count). The molecule has 0 bridgehead atoms. The number of carbonyl (C=O) groups is 2. The van der Waals surface area contributed by atoms with Crippen LogP contribution in [0.2, 0.25) is 0 Å². The Bertz CT molecular complexity index is 1030. The summed E-state index contributed by atoms with van der Waals surface area (Å²) in [5, 5.41) is 0. The standard InChI is InChI=1S/C26H30N2O4/c1-4-16-32-21-11-9-20(10-12-21)23-24(27-14-13-19-7-5-6-8-22(19)27)26(30)28(25(23)29)15-17-31-18(2)3/h5-12,18H,4,13-17H2,1-3H3. The molecule has 2 aliphatic rings. The van der Waals surface area contributed by atoms with Gasteiger partial charge in [0, 0.05) is 12.2 Å². The molecule has 0 unspecified atom stereocenters. The summed E-state index contributed by atoms with van der Waals surface area (Å²) in [7, 11) is 0. The van der Waals surface area contributed by atoms with E-state index in [1.165, 1.54) is 10.5 Å². The van der Waals surface area contributed by atoms with E-state index in [0.29, 0.717) is 31.0 Å². The van der Waals surface area contributed by atoms with E-state index in [2.05, 4.69) is 13.0 Å². The summed E-state index contributed by atoms with van der Waals surface area (Å²) in [5.74, 6) is 0.215.